The minimum Gasteiger partial charge on any atom is -0.375 e. The topological polar surface area (TPSA) is 46.2 Å². The average molecular weight is 231 g/mol. The van der Waals surface area contributed by atoms with Gasteiger partial charge < -0.3 is 5.32 Å². The summed E-state index contributed by atoms with van der Waals surface area (Å²) < 4.78 is 23.3. The molecule has 1 heterocycles. The molecule has 5 heteroatoms. The molecule has 0 radical (unpaired) electrons. The first-order valence-electron chi connectivity index (χ1n) is 4.66. The van der Waals surface area contributed by atoms with Gasteiger partial charge in [0.05, 0.1) is 10.7 Å². The highest BCUT2D eigenvalue weighted by Gasteiger charge is 2.51. The fourth-order valence-corrected chi connectivity index (χ4v) is 4.95. The van der Waals surface area contributed by atoms with Crippen LogP contribution >= 0.6 is 12.2 Å². The largest absolute Gasteiger partial charge is 0.375 e. The Balaban J connectivity index is 2.44. The highest BCUT2D eigenvalue weighted by atomic mass is 32.2. The van der Waals surface area contributed by atoms with Crippen molar-refractivity contribution >= 4 is 27.0 Å². The molecule has 1 N–H and O–H groups in total. The van der Waals surface area contributed by atoms with Gasteiger partial charge in [-0.15, -0.1) is 0 Å². The maximum atomic E-state index is 12.1. The summed E-state index contributed by atoms with van der Waals surface area (Å²) in [7, 11) is -3.09. The van der Waals surface area contributed by atoms with Gasteiger partial charge in [0.15, 0.2) is 9.84 Å². The second-order valence-corrected chi connectivity index (χ2v) is 6.78. The molecule has 0 bridgehead atoms. The van der Waals surface area contributed by atoms with Gasteiger partial charge in [0.1, 0.15) is 4.75 Å². The van der Waals surface area contributed by atoms with E-state index in [1.54, 1.807) is 0 Å². The smallest absolute Gasteiger partial charge is 0.165 e. The molecule has 1 spiro atoms. The zero-order valence-corrected chi connectivity index (χ0v) is 9.62. The van der Waals surface area contributed by atoms with Crippen LogP contribution in [0.25, 0.3) is 0 Å². The summed E-state index contributed by atoms with van der Waals surface area (Å²) >= 11 is 5.17. The highest BCUT2D eigenvalue weighted by Crippen LogP contribution is 2.36. The fourth-order valence-electron chi connectivity index (χ4n) is 2.10. The quantitative estimate of drug-likeness (QED) is 0.495. The molecule has 0 saturated carbocycles. The van der Waals surface area contributed by atoms with Crippen molar-refractivity contribution in [3.8, 4) is 0 Å². The van der Waals surface area contributed by atoms with Crippen LogP contribution in [-0.4, -0.2) is 29.9 Å². The lowest BCUT2D eigenvalue weighted by molar-refractivity contribution is 0.538. The SMILES string of the molecule is CC1CS(=O)(=O)C2(CC=CC2)C(=S)N1. The Morgan fingerprint density at radius 3 is 2.57 bits per heavy atom. The van der Waals surface area contributed by atoms with Crippen molar-refractivity contribution < 1.29 is 8.42 Å². The van der Waals surface area contributed by atoms with Crippen LogP contribution in [0.5, 0.6) is 0 Å². The Hall–Kier alpha value is -0.420. The fraction of sp³-hybridized carbons (Fsp3) is 0.667. The number of thiocarbonyl (C=S) groups is 1. The molecular weight excluding hydrogens is 218 g/mol. The first kappa shape index (κ1) is 10.1. The lowest BCUT2D eigenvalue weighted by Crippen LogP contribution is -2.60. The monoisotopic (exact) mass is 231 g/mol. The molecule has 1 unspecified atom stereocenters. The van der Waals surface area contributed by atoms with Crippen molar-refractivity contribution in [3.63, 3.8) is 0 Å². The summed E-state index contributed by atoms with van der Waals surface area (Å²) in [5, 5.41) is 3.08. The van der Waals surface area contributed by atoms with E-state index in [0.717, 1.165) is 0 Å². The van der Waals surface area contributed by atoms with Crippen molar-refractivity contribution in [1.82, 2.24) is 5.32 Å². The Bertz CT molecular complexity index is 389. The van der Waals surface area contributed by atoms with Gasteiger partial charge in [0.2, 0.25) is 0 Å². The predicted molar refractivity (Wildman–Crippen MR) is 60.1 cm³/mol. The Labute approximate surface area is 89.5 Å². The normalized spacial score (nSPS) is 33.2. The van der Waals surface area contributed by atoms with Crippen molar-refractivity contribution in [3.05, 3.63) is 12.2 Å². The van der Waals surface area contributed by atoms with Gasteiger partial charge in [0, 0.05) is 6.04 Å². The number of rotatable bonds is 0. The highest BCUT2D eigenvalue weighted by molar-refractivity contribution is 7.95. The van der Waals surface area contributed by atoms with Crippen LogP contribution in [0, 0.1) is 0 Å². The molecule has 1 saturated heterocycles. The number of nitrogens with one attached hydrogen (secondary N) is 1. The zero-order chi connectivity index (χ0) is 10.4. The van der Waals surface area contributed by atoms with Gasteiger partial charge in [-0.2, -0.15) is 0 Å². The van der Waals surface area contributed by atoms with Crippen LogP contribution in [0.15, 0.2) is 12.2 Å². The molecule has 0 aromatic heterocycles. The molecular formula is C9H13NO2S2. The van der Waals surface area contributed by atoms with Crippen LogP contribution in [0.1, 0.15) is 19.8 Å². The standard InChI is InChI=1S/C9H13NO2S2/c1-7-6-14(11,12)9(8(13)10-7)4-2-3-5-9/h2-3,7H,4-6H2,1H3,(H,10,13). The predicted octanol–water partition coefficient (Wildman–Crippen LogP) is 0.809. The van der Waals surface area contributed by atoms with E-state index < -0.39 is 14.6 Å². The molecule has 1 atom stereocenters. The van der Waals surface area contributed by atoms with Gasteiger partial charge >= 0.3 is 0 Å². The summed E-state index contributed by atoms with van der Waals surface area (Å²) in [6, 6.07) is -0.0567. The van der Waals surface area contributed by atoms with Crippen molar-refractivity contribution in [2.24, 2.45) is 0 Å². The number of hydrogen-bond donors (Lipinski definition) is 1. The summed E-state index contributed by atoms with van der Waals surface area (Å²) in [5.41, 5.74) is 0. The average Bonchev–Trinajstić information content (AvgIpc) is 2.48. The van der Waals surface area contributed by atoms with Crippen LogP contribution in [0.2, 0.25) is 0 Å². The van der Waals surface area contributed by atoms with Gasteiger partial charge in [-0.25, -0.2) is 8.42 Å². The Morgan fingerprint density at radius 2 is 2.07 bits per heavy atom. The first-order chi connectivity index (χ1) is 6.48. The maximum absolute atomic E-state index is 12.1. The molecule has 0 amide bonds. The molecule has 14 heavy (non-hydrogen) atoms. The number of sulfone groups is 1. The van der Waals surface area contributed by atoms with E-state index in [2.05, 4.69) is 5.32 Å². The van der Waals surface area contributed by atoms with Crippen LogP contribution < -0.4 is 5.32 Å². The second-order valence-electron chi connectivity index (χ2n) is 4.03. The molecule has 2 aliphatic rings. The minimum atomic E-state index is -3.09. The van der Waals surface area contributed by atoms with E-state index in [1.807, 2.05) is 19.1 Å². The lowest BCUT2D eigenvalue weighted by atomic mass is 10.1. The third-order valence-electron chi connectivity index (χ3n) is 2.92. The van der Waals surface area contributed by atoms with E-state index in [0.29, 0.717) is 17.8 Å². The van der Waals surface area contributed by atoms with Crippen molar-refractivity contribution in [1.29, 1.82) is 0 Å². The molecule has 78 valence electrons. The van der Waals surface area contributed by atoms with Gasteiger partial charge in [-0.1, -0.05) is 24.4 Å². The third kappa shape index (κ3) is 1.22. The molecule has 0 aromatic rings. The van der Waals surface area contributed by atoms with E-state index in [4.69, 9.17) is 12.2 Å². The maximum Gasteiger partial charge on any atom is 0.165 e. The van der Waals surface area contributed by atoms with Gasteiger partial charge in [-0.3, -0.25) is 0 Å². The van der Waals surface area contributed by atoms with Crippen molar-refractivity contribution in [2.45, 2.75) is 30.6 Å². The van der Waals surface area contributed by atoms with E-state index in [1.165, 1.54) is 0 Å². The van der Waals surface area contributed by atoms with E-state index in [9.17, 15) is 8.42 Å². The molecule has 1 aliphatic carbocycles. The molecule has 0 aromatic carbocycles. The first-order valence-corrected chi connectivity index (χ1v) is 6.72. The molecule has 1 fully saturated rings. The van der Waals surface area contributed by atoms with E-state index >= 15 is 0 Å². The number of allylic oxidation sites excluding steroid dienone is 2. The van der Waals surface area contributed by atoms with Crippen LogP contribution in [-0.2, 0) is 9.84 Å². The third-order valence-corrected chi connectivity index (χ3v) is 6.22. The van der Waals surface area contributed by atoms with Crippen LogP contribution in [0.3, 0.4) is 0 Å². The second kappa shape index (κ2) is 3.03. The Morgan fingerprint density at radius 1 is 1.50 bits per heavy atom. The molecule has 3 nitrogen and oxygen atoms in total. The molecule has 1 aliphatic heterocycles. The molecule has 2 rings (SSSR count). The summed E-state index contributed by atoms with van der Waals surface area (Å²) in [6.07, 6.45) is 4.88. The lowest BCUT2D eigenvalue weighted by Gasteiger charge is -2.37. The van der Waals surface area contributed by atoms with Crippen molar-refractivity contribution in [2.75, 3.05) is 5.75 Å². The Kier molecular flexibility index (Phi) is 2.19. The van der Waals surface area contributed by atoms with E-state index in [-0.39, 0.29) is 11.8 Å². The minimum absolute atomic E-state index is 0.0567. The van der Waals surface area contributed by atoms with Gasteiger partial charge in [0.25, 0.3) is 0 Å². The summed E-state index contributed by atoms with van der Waals surface area (Å²) in [4.78, 5) is 0.501. The zero-order valence-electron chi connectivity index (χ0n) is 7.99. The summed E-state index contributed by atoms with van der Waals surface area (Å²) in [6.45, 7) is 1.85. The van der Waals surface area contributed by atoms with Gasteiger partial charge in [-0.05, 0) is 19.8 Å². The number of hydrogen-bond acceptors (Lipinski definition) is 3. The van der Waals surface area contributed by atoms with Crippen LogP contribution in [0.4, 0.5) is 0 Å². The summed E-state index contributed by atoms with van der Waals surface area (Å²) in [5.74, 6) is 0.189.